The van der Waals surface area contributed by atoms with Crippen LogP contribution in [-0.2, 0) is 6.42 Å². The molecule has 0 aliphatic heterocycles. The Morgan fingerprint density at radius 2 is 2.47 bits per heavy atom. The van der Waals surface area contributed by atoms with Crippen LogP contribution in [0.1, 0.15) is 25.5 Å². The summed E-state index contributed by atoms with van der Waals surface area (Å²) >= 11 is 1.66. The van der Waals surface area contributed by atoms with Crippen LogP contribution >= 0.6 is 11.3 Å². The van der Waals surface area contributed by atoms with Crippen molar-refractivity contribution in [3.8, 4) is 0 Å². The molecule has 1 heterocycles. The third kappa shape index (κ3) is 5.87. The van der Waals surface area contributed by atoms with Gasteiger partial charge in [0, 0.05) is 18.3 Å². The maximum Gasteiger partial charge on any atom is 0.0794 e. The van der Waals surface area contributed by atoms with E-state index < -0.39 is 0 Å². The van der Waals surface area contributed by atoms with Crippen molar-refractivity contribution in [1.82, 2.24) is 10.3 Å². The van der Waals surface area contributed by atoms with Crippen molar-refractivity contribution in [2.24, 2.45) is 11.7 Å². The summed E-state index contributed by atoms with van der Waals surface area (Å²) in [4.78, 5) is 4.24. The highest BCUT2D eigenvalue weighted by atomic mass is 32.1. The zero-order valence-electron chi connectivity index (χ0n) is 9.41. The van der Waals surface area contributed by atoms with Crippen molar-refractivity contribution in [3.05, 3.63) is 16.6 Å². The molecule has 0 fully saturated rings. The van der Waals surface area contributed by atoms with Crippen molar-refractivity contribution in [1.29, 1.82) is 0 Å². The van der Waals surface area contributed by atoms with Crippen LogP contribution in [0, 0.1) is 5.92 Å². The second-order valence-corrected chi connectivity index (χ2v) is 4.69. The molecule has 0 bridgehead atoms. The highest BCUT2D eigenvalue weighted by Gasteiger charge is 2.00. The first-order chi connectivity index (χ1) is 7.33. The van der Waals surface area contributed by atoms with Crippen LogP contribution in [0.3, 0.4) is 0 Å². The summed E-state index contributed by atoms with van der Waals surface area (Å²) in [5, 5.41) is 5.57. The summed E-state index contributed by atoms with van der Waals surface area (Å²) in [6.45, 7) is 5.19. The van der Waals surface area contributed by atoms with E-state index in [1.165, 1.54) is 12.1 Å². The summed E-state index contributed by atoms with van der Waals surface area (Å²) in [5.74, 6) is 0.726. The lowest BCUT2D eigenvalue weighted by atomic mass is 10.1. The zero-order valence-corrected chi connectivity index (χ0v) is 10.2. The van der Waals surface area contributed by atoms with E-state index in [1.54, 1.807) is 11.3 Å². The van der Waals surface area contributed by atoms with Crippen LogP contribution in [0.2, 0.25) is 0 Å². The number of aromatic nitrogens is 1. The third-order valence-corrected chi connectivity index (χ3v) is 3.07. The zero-order chi connectivity index (χ0) is 10.9. The van der Waals surface area contributed by atoms with Gasteiger partial charge in [-0.3, -0.25) is 0 Å². The smallest absolute Gasteiger partial charge is 0.0794 e. The molecule has 1 aromatic heterocycles. The van der Waals surface area contributed by atoms with E-state index in [1.807, 2.05) is 5.51 Å². The number of hydrogen-bond donors (Lipinski definition) is 2. The Kier molecular flexibility index (Phi) is 6.55. The van der Waals surface area contributed by atoms with Gasteiger partial charge in [-0.15, -0.1) is 11.3 Å². The summed E-state index contributed by atoms with van der Waals surface area (Å²) in [6.07, 6.45) is 3.39. The van der Waals surface area contributed by atoms with Crippen molar-refractivity contribution >= 4 is 11.3 Å². The average Bonchev–Trinajstić information content (AvgIpc) is 2.74. The van der Waals surface area contributed by atoms with Gasteiger partial charge in [0.05, 0.1) is 11.2 Å². The van der Waals surface area contributed by atoms with Gasteiger partial charge >= 0.3 is 0 Å². The minimum atomic E-state index is 0.726. The number of rotatable bonds is 8. The standard InChI is InChI=1S/C11H21N3S/c1-10(3-2-5-12)7-13-6-4-11-8-15-9-14-11/h8-10,13H,2-7,12H2,1H3. The highest BCUT2D eigenvalue weighted by molar-refractivity contribution is 7.07. The first-order valence-corrected chi connectivity index (χ1v) is 6.55. The monoisotopic (exact) mass is 227 g/mol. The maximum atomic E-state index is 5.47. The predicted molar refractivity (Wildman–Crippen MR) is 66.1 cm³/mol. The van der Waals surface area contributed by atoms with Gasteiger partial charge in [0.25, 0.3) is 0 Å². The van der Waals surface area contributed by atoms with Gasteiger partial charge in [-0.05, 0) is 31.8 Å². The second-order valence-electron chi connectivity index (χ2n) is 3.97. The Morgan fingerprint density at radius 1 is 1.60 bits per heavy atom. The molecule has 0 aromatic carbocycles. The van der Waals surface area contributed by atoms with Crippen LogP contribution in [0.4, 0.5) is 0 Å². The summed E-state index contributed by atoms with van der Waals surface area (Å²) < 4.78 is 0. The van der Waals surface area contributed by atoms with Gasteiger partial charge < -0.3 is 11.1 Å². The van der Waals surface area contributed by atoms with E-state index in [4.69, 9.17) is 5.73 Å². The second kappa shape index (κ2) is 7.79. The van der Waals surface area contributed by atoms with Crippen molar-refractivity contribution < 1.29 is 0 Å². The molecule has 1 unspecified atom stereocenters. The third-order valence-electron chi connectivity index (χ3n) is 2.44. The summed E-state index contributed by atoms with van der Waals surface area (Å²) in [7, 11) is 0. The van der Waals surface area contributed by atoms with E-state index in [9.17, 15) is 0 Å². The Balaban J connectivity index is 1.97. The number of nitrogens with zero attached hydrogens (tertiary/aromatic N) is 1. The lowest BCUT2D eigenvalue weighted by molar-refractivity contribution is 0.471. The lowest BCUT2D eigenvalue weighted by Crippen LogP contribution is -2.24. The fourth-order valence-electron chi connectivity index (χ4n) is 1.49. The molecule has 0 aliphatic rings. The molecule has 0 amide bonds. The number of nitrogens with one attached hydrogen (secondary N) is 1. The molecule has 0 spiro atoms. The first kappa shape index (κ1) is 12.6. The Hall–Kier alpha value is -0.450. The molecular formula is C11H21N3S. The SMILES string of the molecule is CC(CCCN)CNCCc1cscn1. The number of hydrogen-bond acceptors (Lipinski definition) is 4. The Bertz CT molecular complexity index is 236. The molecule has 86 valence electrons. The molecule has 0 aliphatic carbocycles. The lowest BCUT2D eigenvalue weighted by Gasteiger charge is -2.11. The quantitative estimate of drug-likeness (QED) is 0.664. The molecule has 3 nitrogen and oxygen atoms in total. The Labute approximate surface area is 96.1 Å². The molecule has 1 rings (SSSR count). The van der Waals surface area contributed by atoms with Gasteiger partial charge in [-0.1, -0.05) is 6.92 Å². The summed E-state index contributed by atoms with van der Waals surface area (Å²) in [5.41, 5.74) is 8.55. The van der Waals surface area contributed by atoms with Crippen LogP contribution in [0.15, 0.2) is 10.9 Å². The molecule has 4 heteroatoms. The van der Waals surface area contributed by atoms with E-state index in [0.717, 1.165) is 38.4 Å². The molecule has 1 aromatic rings. The fourth-order valence-corrected chi connectivity index (χ4v) is 2.09. The van der Waals surface area contributed by atoms with Gasteiger partial charge in [-0.25, -0.2) is 4.98 Å². The van der Waals surface area contributed by atoms with E-state index >= 15 is 0 Å². The fraction of sp³-hybridized carbons (Fsp3) is 0.727. The molecule has 0 radical (unpaired) electrons. The molecule has 0 saturated carbocycles. The van der Waals surface area contributed by atoms with Gasteiger partial charge in [0.15, 0.2) is 0 Å². The first-order valence-electron chi connectivity index (χ1n) is 5.60. The molecule has 0 saturated heterocycles. The minimum absolute atomic E-state index is 0.726. The number of nitrogens with two attached hydrogens (primary N) is 1. The van der Waals surface area contributed by atoms with Crippen molar-refractivity contribution in [2.75, 3.05) is 19.6 Å². The average molecular weight is 227 g/mol. The topological polar surface area (TPSA) is 50.9 Å². The van der Waals surface area contributed by atoms with Gasteiger partial charge in [0.2, 0.25) is 0 Å². The molecule has 1 atom stereocenters. The normalized spacial score (nSPS) is 12.9. The van der Waals surface area contributed by atoms with Crippen LogP contribution in [0.25, 0.3) is 0 Å². The van der Waals surface area contributed by atoms with Crippen LogP contribution in [-0.4, -0.2) is 24.6 Å². The van der Waals surface area contributed by atoms with E-state index in [0.29, 0.717) is 0 Å². The Morgan fingerprint density at radius 3 is 3.13 bits per heavy atom. The molecule has 15 heavy (non-hydrogen) atoms. The minimum Gasteiger partial charge on any atom is -0.330 e. The predicted octanol–water partition coefficient (Wildman–Crippen LogP) is 1.65. The maximum absolute atomic E-state index is 5.47. The van der Waals surface area contributed by atoms with Gasteiger partial charge in [0.1, 0.15) is 0 Å². The number of thiazole rings is 1. The molecule has 3 N–H and O–H groups in total. The summed E-state index contributed by atoms with van der Waals surface area (Å²) in [6, 6.07) is 0. The van der Waals surface area contributed by atoms with Crippen LogP contribution < -0.4 is 11.1 Å². The van der Waals surface area contributed by atoms with Gasteiger partial charge in [-0.2, -0.15) is 0 Å². The highest BCUT2D eigenvalue weighted by Crippen LogP contribution is 2.03. The van der Waals surface area contributed by atoms with E-state index in [2.05, 4.69) is 22.6 Å². The molecular weight excluding hydrogens is 206 g/mol. The van der Waals surface area contributed by atoms with E-state index in [-0.39, 0.29) is 0 Å². The largest absolute Gasteiger partial charge is 0.330 e. The van der Waals surface area contributed by atoms with Crippen molar-refractivity contribution in [2.45, 2.75) is 26.2 Å². The van der Waals surface area contributed by atoms with Crippen molar-refractivity contribution in [3.63, 3.8) is 0 Å². The van der Waals surface area contributed by atoms with Crippen LogP contribution in [0.5, 0.6) is 0 Å².